The third-order valence-corrected chi connectivity index (χ3v) is 6.64. The Labute approximate surface area is 169 Å². The first-order chi connectivity index (χ1) is 13.7. The smallest absolute Gasteiger partial charge is 0.274 e. The quantitative estimate of drug-likeness (QED) is 0.830. The molecule has 0 aromatic carbocycles. The number of anilines is 1. The SMILES string of the molecule is CC(C)n1nc(-c2cnc(N)c(C(C)(F)F)c2)cc1[C@H]1C2CN(C3COC3)C[C@@H]21. The molecule has 2 N–H and O–H groups in total. The number of fused-ring (bicyclic) bond motifs is 1. The minimum Gasteiger partial charge on any atom is -0.383 e. The number of rotatable bonds is 5. The number of alkyl halides is 2. The molecule has 3 atom stereocenters. The summed E-state index contributed by atoms with van der Waals surface area (Å²) in [6, 6.07) is 4.27. The van der Waals surface area contributed by atoms with Crippen LogP contribution in [0, 0.1) is 11.8 Å². The molecule has 29 heavy (non-hydrogen) atoms. The molecule has 5 rings (SSSR count). The highest BCUT2D eigenvalue weighted by atomic mass is 19.3. The third kappa shape index (κ3) is 3.13. The molecule has 2 saturated heterocycles. The second-order valence-electron chi connectivity index (χ2n) is 9.04. The molecular weight excluding hydrogens is 376 g/mol. The molecule has 1 saturated carbocycles. The Hall–Kier alpha value is -2.06. The molecule has 0 radical (unpaired) electrons. The van der Waals surface area contributed by atoms with Gasteiger partial charge in [0.2, 0.25) is 0 Å². The number of nitrogens with zero attached hydrogens (tertiary/aromatic N) is 4. The molecule has 3 aliphatic rings. The van der Waals surface area contributed by atoms with E-state index in [1.807, 2.05) is 0 Å². The molecule has 0 bridgehead atoms. The first kappa shape index (κ1) is 18.9. The van der Waals surface area contributed by atoms with Gasteiger partial charge in [-0.1, -0.05) is 0 Å². The molecule has 2 aromatic heterocycles. The molecule has 3 fully saturated rings. The fraction of sp³-hybridized carbons (Fsp3) is 0.619. The Kier molecular flexibility index (Phi) is 4.22. The van der Waals surface area contributed by atoms with E-state index in [9.17, 15) is 8.78 Å². The van der Waals surface area contributed by atoms with Gasteiger partial charge in [-0.15, -0.1) is 0 Å². The van der Waals surface area contributed by atoms with Gasteiger partial charge in [0.25, 0.3) is 5.92 Å². The minimum absolute atomic E-state index is 0.137. The summed E-state index contributed by atoms with van der Waals surface area (Å²) in [5.74, 6) is -1.39. The van der Waals surface area contributed by atoms with E-state index in [2.05, 4.69) is 34.5 Å². The molecule has 156 valence electrons. The van der Waals surface area contributed by atoms with E-state index in [1.165, 1.54) is 18.0 Å². The van der Waals surface area contributed by atoms with Gasteiger partial charge < -0.3 is 10.5 Å². The van der Waals surface area contributed by atoms with Gasteiger partial charge in [-0.25, -0.2) is 13.8 Å². The Balaban J connectivity index is 1.43. The zero-order valence-electron chi connectivity index (χ0n) is 17.0. The average molecular weight is 403 g/mol. The molecule has 1 unspecified atom stereocenters. The summed E-state index contributed by atoms with van der Waals surface area (Å²) < 4.78 is 35.2. The van der Waals surface area contributed by atoms with Crippen LogP contribution >= 0.6 is 0 Å². The largest absolute Gasteiger partial charge is 0.383 e. The van der Waals surface area contributed by atoms with Crippen LogP contribution in [-0.2, 0) is 10.7 Å². The van der Waals surface area contributed by atoms with E-state index < -0.39 is 5.92 Å². The number of nitrogens with two attached hydrogens (primary N) is 1. The van der Waals surface area contributed by atoms with Crippen molar-refractivity contribution in [3.8, 4) is 11.3 Å². The highest BCUT2D eigenvalue weighted by Gasteiger charge is 2.58. The summed E-state index contributed by atoms with van der Waals surface area (Å²) in [4.78, 5) is 6.55. The second-order valence-corrected chi connectivity index (χ2v) is 9.04. The monoisotopic (exact) mass is 403 g/mol. The number of aromatic nitrogens is 3. The van der Waals surface area contributed by atoms with Crippen LogP contribution in [0.3, 0.4) is 0 Å². The molecule has 2 aliphatic heterocycles. The maximum atomic E-state index is 13.9. The maximum absolute atomic E-state index is 13.9. The lowest BCUT2D eigenvalue weighted by molar-refractivity contribution is -0.0610. The van der Waals surface area contributed by atoms with Crippen molar-refractivity contribution < 1.29 is 13.5 Å². The topological polar surface area (TPSA) is 69.2 Å². The van der Waals surface area contributed by atoms with Crippen molar-refractivity contribution in [3.63, 3.8) is 0 Å². The number of piperidine rings is 1. The summed E-state index contributed by atoms with van der Waals surface area (Å²) >= 11 is 0. The van der Waals surface area contributed by atoms with Crippen molar-refractivity contribution in [2.75, 3.05) is 32.0 Å². The molecule has 6 nitrogen and oxygen atoms in total. The van der Waals surface area contributed by atoms with Crippen LogP contribution in [0.4, 0.5) is 14.6 Å². The van der Waals surface area contributed by atoms with Gasteiger partial charge in [-0.05, 0) is 37.8 Å². The van der Waals surface area contributed by atoms with Gasteiger partial charge in [-0.3, -0.25) is 9.58 Å². The van der Waals surface area contributed by atoms with Crippen LogP contribution in [0.1, 0.15) is 44.0 Å². The van der Waals surface area contributed by atoms with E-state index in [4.69, 9.17) is 15.6 Å². The van der Waals surface area contributed by atoms with Crippen molar-refractivity contribution in [1.82, 2.24) is 19.7 Å². The summed E-state index contributed by atoms with van der Waals surface area (Å²) in [7, 11) is 0. The van der Waals surface area contributed by atoms with Crippen LogP contribution in [0.5, 0.6) is 0 Å². The van der Waals surface area contributed by atoms with Crippen LogP contribution in [0.15, 0.2) is 18.3 Å². The molecule has 1 aliphatic carbocycles. The first-order valence-corrected chi connectivity index (χ1v) is 10.3. The third-order valence-electron chi connectivity index (χ3n) is 6.64. The van der Waals surface area contributed by atoms with E-state index in [0.29, 0.717) is 35.1 Å². The lowest BCUT2D eigenvalue weighted by Crippen LogP contribution is -2.48. The summed E-state index contributed by atoms with van der Waals surface area (Å²) in [6.07, 6.45) is 1.54. The van der Waals surface area contributed by atoms with Crippen LogP contribution < -0.4 is 5.73 Å². The average Bonchev–Trinajstić information content (AvgIpc) is 2.96. The lowest BCUT2D eigenvalue weighted by Gasteiger charge is -2.35. The fourth-order valence-electron chi connectivity index (χ4n) is 4.91. The Bertz CT molecular complexity index is 922. The van der Waals surface area contributed by atoms with Crippen molar-refractivity contribution >= 4 is 5.82 Å². The molecule has 0 spiro atoms. The van der Waals surface area contributed by atoms with E-state index in [-0.39, 0.29) is 17.4 Å². The standard InChI is InChI=1S/C21H27F2N5O/c1-11(2)28-18(19-14-7-27(8-15(14)19)13-9-29-10-13)5-17(26-28)12-4-16(21(3,22)23)20(24)25-6-12/h4-6,11,13-15,19H,7-10H2,1-3H3,(H2,24,25)/t14-,15?,19+/m0/s1. The van der Waals surface area contributed by atoms with E-state index in [0.717, 1.165) is 33.2 Å². The number of ether oxygens (including phenoxy) is 1. The number of hydrogen-bond donors (Lipinski definition) is 1. The van der Waals surface area contributed by atoms with Gasteiger partial charge in [-0.2, -0.15) is 5.10 Å². The summed E-state index contributed by atoms with van der Waals surface area (Å²) in [6.45, 7) is 8.97. The summed E-state index contributed by atoms with van der Waals surface area (Å²) in [5, 5.41) is 4.76. The van der Waals surface area contributed by atoms with Gasteiger partial charge in [0.05, 0.1) is 30.5 Å². The zero-order valence-corrected chi connectivity index (χ0v) is 17.0. The zero-order chi connectivity index (χ0) is 20.5. The number of pyridine rings is 1. The van der Waals surface area contributed by atoms with Crippen LogP contribution in [0.25, 0.3) is 11.3 Å². The van der Waals surface area contributed by atoms with Crippen LogP contribution in [-0.4, -0.2) is 52.0 Å². The second kappa shape index (κ2) is 6.47. The van der Waals surface area contributed by atoms with Gasteiger partial charge >= 0.3 is 0 Å². The molecule has 0 amide bonds. The lowest BCUT2D eigenvalue weighted by atomic mass is 10.1. The van der Waals surface area contributed by atoms with Gasteiger partial charge in [0, 0.05) is 49.4 Å². The highest BCUT2D eigenvalue weighted by Crippen LogP contribution is 2.59. The minimum atomic E-state index is -3.04. The molecule has 8 heteroatoms. The first-order valence-electron chi connectivity index (χ1n) is 10.3. The highest BCUT2D eigenvalue weighted by molar-refractivity contribution is 5.63. The number of halogens is 2. The predicted molar refractivity (Wildman–Crippen MR) is 106 cm³/mol. The van der Waals surface area contributed by atoms with E-state index >= 15 is 0 Å². The fourth-order valence-corrected chi connectivity index (χ4v) is 4.91. The van der Waals surface area contributed by atoms with Crippen molar-refractivity contribution in [2.45, 2.75) is 44.7 Å². The molecular formula is C21H27F2N5O. The van der Waals surface area contributed by atoms with Crippen molar-refractivity contribution in [3.05, 3.63) is 29.6 Å². The number of nitrogen functional groups attached to an aromatic ring is 1. The van der Waals surface area contributed by atoms with Crippen molar-refractivity contribution in [1.29, 1.82) is 0 Å². The van der Waals surface area contributed by atoms with E-state index in [1.54, 1.807) is 0 Å². The Morgan fingerprint density at radius 3 is 2.45 bits per heavy atom. The normalized spacial score (nSPS) is 27.3. The predicted octanol–water partition coefficient (Wildman–Crippen LogP) is 3.26. The van der Waals surface area contributed by atoms with Crippen molar-refractivity contribution in [2.24, 2.45) is 11.8 Å². The summed E-state index contributed by atoms with van der Waals surface area (Å²) in [5.41, 5.74) is 7.89. The number of hydrogen-bond acceptors (Lipinski definition) is 5. The maximum Gasteiger partial charge on any atom is 0.274 e. The van der Waals surface area contributed by atoms with Crippen LogP contribution in [0.2, 0.25) is 0 Å². The number of likely N-dealkylation sites (tertiary alicyclic amines) is 1. The Morgan fingerprint density at radius 1 is 1.21 bits per heavy atom. The van der Waals surface area contributed by atoms with Gasteiger partial charge in [0.1, 0.15) is 5.82 Å². The Morgan fingerprint density at radius 2 is 1.90 bits per heavy atom. The van der Waals surface area contributed by atoms with Gasteiger partial charge in [0.15, 0.2) is 0 Å². The molecule has 2 aromatic rings. The molecule has 4 heterocycles.